The number of anilines is 1. The van der Waals surface area contributed by atoms with Crippen molar-refractivity contribution in [2.45, 2.75) is 31.9 Å². The monoisotopic (exact) mass is 222 g/mol. The number of hydrogen-bond donors (Lipinski definition) is 1. The first-order valence-electron chi connectivity index (χ1n) is 5.70. The van der Waals surface area contributed by atoms with Crippen LogP contribution in [0.15, 0.2) is 18.3 Å². The Kier molecular flexibility index (Phi) is 3.62. The van der Waals surface area contributed by atoms with Gasteiger partial charge < -0.3 is 14.8 Å². The fourth-order valence-corrected chi connectivity index (χ4v) is 1.85. The average Bonchev–Trinajstić information content (AvgIpc) is 2.25. The molecule has 4 nitrogen and oxygen atoms in total. The highest BCUT2D eigenvalue weighted by molar-refractivity contribution is 5.53. The summed E-state index contributed by atoms with van der Waals surface area (Å²) in [5.41, 5.74) is 0.976. The summed E-state index contributed by atoms with van der Waals surface area (Å²) in [5, 5.41) is 3.43. The van der Waals surface area contributed by atoms with Crippen molar-refractivity contribution in [2.24, 2.45) is 0 Å². The lowest BCUT2D eigenvalue weighted by Gasteiger charge is -2.35. The first-order chi connectivity index (χ1) is 7.83. The van der Waals surface area contributed by atoms with Crippen molar-refractivity contribution in [3.05, 3.63) is 18.3 Å². The van der Waals surface area contributed by atoms with Crippen molar-refractivity contribution in [1.29, 1.82) is 0 Å². The molecular formula is C12H18N2O2. The molecule has 0 saturated heterocycles. The Morgan fingerprint density at radius 3 is 3.00 bits per heavy atom. The summed E-state index contributed by atoms with van der Waals surface area (Å²) in [7, 11) is 1.76. The van der Waals surface area contributed by atoms with E-state index in [1.807, 2.05) is 19.1 Å². The van der Waals surface area contributed by atoms with Crippen molar-refractivity contribution >= 4 is 5.69 Å². The first-order valence-corrected chi connectivity index (χ1v) is 5.70. The Hall–Kier alpha value is -1.29. The first kappa shape index (κ1) is 11.2. The summed E-state index contributed by atoms with van der Waals surface area (Å²) in [6, 6.07) is 4.39. The Labute approximate surface area is 96.0 Å². The van der Waals surface area contributed by atoms with E-state index < -0.39 is 0 Å². The van der Waals surface area contributed by atoms with Gasteiger partial charge in [-0.3, -0.25) is 0 Å². The van der Waals surface area contributed by atoms with Crippen LogP contribution in [0.25, 0.3) is 0 Å². The molecule has 0 spiro atoms. The summed E-state index contributed by atoms with van der Waals surface area (Å²) < 4.78 is 10.7. The minimum Gasteiger partial charge on any atom is -0.476 e. The second kappa shape index (κ2) is 5.16. The second-order valence-electron chi connectivity index (χ2n) is 3.96. The molecule has 1 fully saturated rings. The molecule has 1 aliphatic carbocycles. The van der Waals surface area contributed by atoms with Gasteiger partial charge >= 0.3 is 0 Å². The molecule has 0 bridgehead atoms. The van der Waals surface area contributed by atoms with Gasteiger partial charge in [0.05, 0.1) is 18.4 Å². The van der Waals surface area contributed by atoms with Crippen LogP contribution >= 0.6 is 0 Å². The zero-order chi connectivity index (χ0) is 11.4. The van der Waals surface area contributed by atoms with Gasteiger partial charge in [-0.25, -0.2) is 4.98 Å². The zero-order valence-electron chi connectivity index (χ0n) is 9.77. The lowest BCUT2D eigenvalue weighted by Crippen LogP contribution is -2.40. The van der Waals surface area contributed by atoms with Gasteiger partial charge in [-0.2, -0.15) is 0 Å². The van der Waals surface area contributed by atoms with Crippen molar-refractivity contribution in [3.8, 4) is 5.88 Å². The number of aromatic nitrogens is 1. The zero-order valence-corrected chi connectivity index (χ0v) is 9.77. The van der Waals surface area contributed by atoms with Crippen molar-refractivity contribution < 1.29 is 9.47 Å². The molecule has 1 aromatic rings. The summed E-state index contributed by atoms with van der Waals surface area (Å²) in [4.78, 5) is 4.20. The number of ether oxygens (including phenoxy) is 2. The molecule has 1 aromatic heterocycles. The van der Waals surface area contributed by atoms with Crippen LogP contribution in [0.3, 0.4) is 0 Å². The predicted octanol–water partition coefficient (Wildman–Crippen LogP) is 2.07. The standard InChI is InChI=1S/C12H18N2O2/c1-3-16-12-11(5-4-6-13-12)14-9-7-10(8-9)15-2/h4-6,9-10,14H,3,7-8H2,1-2H3. The van der Waals surface area contributed by atoms with Crippen LogP contribution in [0.2, 0.25) is 0 Å². The second-order valence-corrected chi connectivity index (χ2v) is 3.96. The Bertz CT molecular complexity index is 338. The number of hydrogen-bond acceptors (Lipinski definition) is 4. The van der Waals surface area contributed by atoms with Crippen LogP contribution in [0.1, 0.15) is 19.8 Å². The fourth-order valence-electron chi connectivity index (χ4n) is 1.85. The van der Waals surface area contributed by atoms with Crippen molar-refractivity contribution in [2.75, 3.05) is 19.0 Å². The van der Waals surface area contributed by atoms with Gasteiger partial charge in [0.1, 0.15) is 0 Å². The average molecular weight is 222 g/mol. The molecule has 1 saturated carbocycles. The molecule has 0 atom stereocenters. The van der Waals surface area contributed by atoms with Crippen LogP contribution in [-0.2, 0) is 4.74 Å². The molecular weight excluding hydrogens is 204 g/mol. The molecule has 1 aliphatic rings. The van der Waals surface area contributed by atoms with Crippen molar-refractivity contribution in [1.82, 2.24) is 4.98 Å². The predicted molar refractivity (Wildman–Crippen MR) is 62.8 cm³/mol. The van der Waals surface area contributed by atoms with E-state index in [9.17, 15) is 0 Å². The van der Waals surface area contributed by atoms with Gasteiger partial charge in [0, 0.05) is 19.3 Å². The van der Waals surface area contributed by atoms with Crippen LogP contribution in [0.5, 0.6) is 5.88 Å². The topological polar surface area (TPSA) is 43.4 Å². The van der Waals surface area contributed by atoms with E-state index in [-0.39, 0.29) is 0 Å². The number of rotatable bonds is 5. The molecule has 1 N–H and O–H groups in total. The maximum atomic E-state index is 5.45. The third kappa shape index (κ3) is 2.44. The van der Waals surface area contributed by atoms with Crippen molar-refractivity contribution in [3.63, 3.8) is 0 Å². The third-order valence-corrected chi connectivity index (χ3v) is 2.84. The lowest BCUT2D eigenvalue weighted by molar-refractivity contribution is 0.0328. The molecule has 0 unspecified atom stereocenters. The summed E-state index contributed by atoms with van der Waals surface area (Å²) >= 11 is 0. The molecule has 88 valence electrons. The molecule has 2 rings (SSSR count). The number of pyridine rings is 1. The van der Waals surface area contributed by atoms with E-state index in [0.29, 0.717) is 24.6 Å². The normalized spacial score (nSPS) is 23.6. The number of nitrogens with one attached hydrogen (secondary N) is 1. The Morgan fingerprint density at radius 1 is 1.50 bits per heavy atom. The molecule has 16 heavy (non-hydrogen) atoms. The van der Waals surface area contributed by atoms with Crippen LogP contribution in [-0.4, -0.2) is 30.8 Å². The molecule has 0 aromatic carbocycles. The van der Waals surface area contributed by atoms with Crippen LogP contribution in [0.4, 0.5) is 5.69 Å². The molecule has 4 heteroatoms. The molecule has 1 heterocycles. The van der Waals surface area contributed by atoms with Gasteiger partial charge in [-0.05, 0) is 31.9 Å². The minimum atomic E-state index is 0.407. The quantitative estimate of drug-likeness (QED) is 0.828. The van der Waals surface area contributed by atoms with E-state index in [1.54, 1.807) is 13.3 Å². The Morgan fingerprint density at radius 2 is 2.31 bits per heavy atom. The van der Waals surface area contributed by atoms with E-state index >= 15 is 0 Å². The molecule has 0 radical (unpaired) electrons. The maximum Gasteiger partial charge on any atom is 0.237 e. The third-order valence-electron chi connectivity index (χ3n) is 2.84. The maximum absolute atomic E-state index is 5.45. The van der Waals surface area contributed by atoms with Gasteiger partial charge in [-0.1, -0.05) is 0 Å². The number of nitrogens with zero attached hydrogens (tertiary/aromatic N) is 1. The van der Waals surface area contributed by atoms with Crippen LogP contribution in [0, 0.1) is 0 Å². The summed E-state index contributed by atoms with van der Waals surface area (Å²) in [5.74, 6) is 0.686. The highest BCUT2D eigenvalue weighted by atomic mass is 16.5. The fraction of sp³-hybridized carbons (Fsp3) is 0.583. The van der Waals surface area contributed by atoms with E-state index in [0.717, 1.165) is 18.5 Å². The van der Waals surface area contributed by atoms with Gasteiger partial charge in [0.15, 0.2) is 0 Å². The smallest absolute Gasteiger partial charge is 0.237 e. The van der Waals surface area contributed by atoms with Gasteiger partial charge in [-0.15, -0.1) is 0 Å². The molecule has 0 amide bonds. The van der Waals surface area contributed by atoms with E-state index in [2.05, 4.69) is 10.3 Å². The summed E-state index contributed by atoms with van der Waals surface area (Å²) in [6.07, 6.45) is 4.26. The Balaban J connectivity index is 1.93. The largest absolute Gasteiger partial charge is 0.476 e. The SMILES string of the molecule is CCOc1ncccc1NC1CC(OC)C1. The number of methoxy groups -OCH3 is 1. The highest BCUT2D eigenvalue weighted by Gasteiger charge is 2.29. The highest BCUT2D eigenvalue weighted by Crippen LogP contribution is 2.29. The summed E-state index contributed by atoms with van der Waals surface area (Å²) in [6.45, 7) is 2.60. The van der Waals surface area contributed by atoms with E-state index in [1.165, 1.54) is 0 Å². The van der Waals surface area contributed by atoms with Gasteiger partial charge in [0.25, 0.3) is 0 Å². The minimum absolute atomic E-state index is 0.407. The van der Waals surface area contributed by atoms with Crippen LogP contribution < -0.4 is 10.1 Å². The lowest BCUT2D eigenvalue weighted by atomic mass is 9.89. The van der Waals surface area contributed by atoms with Gasteiger partial charge in [0.2, 0.25) is 5.88 Å². The molecule has 0 aliphatic heterocycles. The van der Waals surface area contributed by atoms with E-state index in [4.69, 9.17) is 9.47 Å².